The Morgan fingerprint density at radius 1 is 1.17 bits per heavy atom. The van der Waals surface area contributed by atoms with Crippen LogP contribution < -0.4 is 10.6 Å². The summed E-state index contributed by atoms with van der Waals surface area (Å²) in [7, 11) is 0. The quantitative estimate of drug-likeness (QED) is 0.116. The van der Waals surface area contributed by atoms with Crippen LogP contribution in [0.3, 0.4) is 0 Å². The van der Waals surface area contributed by atoms with Gasteiger partial charge in [0, 0.05) is 66.5 Å². The van der Waals surface area contributed by atoms with Crippen LogP contribution in [0.5, 0.6) is 6.01 Å². The molecule has 6 aliphatic rings. The number of aryl methyl sites for hydroxylation is 1. The van der Waals surface area contributed by atoms with Crippen LogP contribution in [0.1, 0.15) is 56.6 Å². The summed E-state index contributed by atoms with van der Waals surface area (Å²) < 4.78 is 45.5. The number of benzene rings is 2. The zero-order valence-electron chi connectivity index (χ0n) is 25.7. The van der Waals surface area contributed by atoms with Crippen molar-refractivity contribution in [2.45, 2.75) is 76.4 Å². The molecule has 5 aliphatic heterocycles. The van der Waals surface area contributed by atoms with Crippen molar-refractivity contribution in [2.24, 2.45) is 5.92 Å². The van der Waals surface area contributed by atoms with Crippen LogP contribution in [0.25, 0.3) is 37.8 Å². The largest absolute Gasteiger partial charge is 0.479 e. The van der Waals surface area contributed by atoms with E-state index in [9.17, 15) is 9.50 Å². The molecule has 2 aromatic heterocycles. The third-order valence-corrected chi connectivity index (χ3v) is 10.3. The first-order chi connectivity index (χ1) is 21.7. The second-order valence-corrected chi connectivity index (χ2v) is 13.0. The minimum atomic E-state index is -1.87. The molecule has 0 unspecified atom stereocenters. The Morgan fingerprint density at radius 2 is 2.00 bits per heavy atom. The number of fused-ring (bicyclic) bond motifs is 2. The summed E-state index contributed by atoms with van der Waals surface area (Å²) in [6.45, 7) is 5.47. The van der Waals surface area contributed by atoms with E-state index in [1.165, 1.54) is 18.7 Å². The fourth-order valence-corrected chi connectivity index (χ4v) is 7.92. The molecule has 10 rings (SSSR count). The molecule has 4 aromatic rings. The van der Waals surface area contributed by atoms with Gasteiger partial charge in [0.15, 0.2) is 11.9 Å². The molecule has 3 N–H and O–H groups in total. The second-order valence-electron chi connectivity index (χ2n) is 13.0. The number of alkyl halides is 2. The number of nitrogens with zero attached hydrogens (tertiary/aromatic N) is 6. The molecule has 12 heteroatoms. The van der Waals surface area contributed by atoms with Crippen molar-refractivity contribution < 1.29 is 49.4 Å². The average molecular weight is 852 g/mol. The maximum atomic E-state index is 16.4. The number of pyridine rings is 1. The summed E-state index contributed by atoms with van der Waals surface area (Å²) in [6, 6.07) is 10.6. The number of hydrogen-bond acceptors (Lipinski definition) is 7. The van der Waals surface area contributed by atoms with E-state index in [0.29, 0.717) is 47.0 Å². The molecule has 7 heterocycles. The van der Waals surface area contributed by atoms with Gasteiger partial charge in [0.05, 0.1) is 11.6 Å². The van der Waals surface area contributed by atoms with Crippen molar-refractivity contribution in [3.8, 4) is 23.3 Å². The first-order valence-corrected chi connectivity index (χ1v) is 15.7. The molecule has 1 saturated carbocycles. The predicted octanol–water partition coefficient (Wildman–Crippen LogP) is 6.67. The minimum absolute atomic E-state index is 0. The fraction of sp³-hybridized carbons (Fsp3) is 0.441. The van der Waals surface area contributed by atoms with Gasteiger partial charge in [0.1, 0.15) is 28.5 Å². The van der Waals surface area contributed by atoms with Crippen molar-refractivity contribution in [1.82, 2.24) is 19.9 Å². The monoisotopic (exact) mass is 851 g/mol. The molecule has 4 fully saturated rings. The standard InChI is InChI=1S/C26H20F2N6O.C8H13FN.U/c1-12-5-6-13-8-14(29)9-15-19(13)16(12)11-31-26(28)18-4-2-3-7-34(23(18)26)24-17-10-30-21(15)20(27)22(17)32-25(35)33-24;1-6-8(9)5-7-3-2-4-10(6)7;/h5-6,8-10,18,23H,2-4,7,29H2,1H3;6,8H,2-5H2,1H3;/q;-1;/p+1/t18-,23+,26-;6-,8-;/m11./s1. The topological polar surface area (TPSA) is 95.8 Å². The van der Waals surface area contributed by atoms with Crippen molar-refractivity contribution in [3.63, 3.8) is 0 Å². The molecule has 2 aromatic carbocycles. The first kappa shape index (κ1) is 31.5. The van der Waals surface area contributed by atoms with Crippen LogP contribution in [0.15, 0.2) is 30.5 Å². The Kier molecular flexibility index (Phi) is 7.90. The van der Waals surface area contributed by atoms with Gasteiger partial charge in [-0.05, 0) is 61.2 Å². The van der Waals surface area contributed by atoms with Crippen LogP contribution >= 0.6 is 0 Å². The van der Waals surface area contributed by atoms with E-state index in [1.54, 1.807) is 17.0 Å². The van der Waals surface area contributed by atoms with E-state index in [-0.39, 0.29) is 60.1 Å². The summed E-state index contributed by atoms with van der Waals surface area (Å²) >= 11 is 0. The van der Waals surface area contributed by atoms with Gasteiger partial charge in [0.2, 0.25) is 0 Å². The number of hydrogen-bond donors (Lipinski definition) is 2. The minimum Gasteiger partial charge on any atom is -0.479 e. The zero-order valence-corrected chi connectivity index (χ0v) is 29.9. The summed E-state index contributed by atoms with van der Waals surface area (Å²) in [5, 5.41) is 12.1. The van der Waals surface area contributed by atoms with Gasteiger partial charge in [-0.15, -0.1) is 6.42 Å². The first-order valence-electron chi connectivity index (χ1n) is 15.7. The molecule has 0 amide bonds. The Labute approximate surface area is 288 Å². The average Bonchev–Trinajstić information content (AvgIpc) is 3.26. The SMILES string of the molecule is C[C@@H]1[C@H](F)C[C-]2CCCN21.Cc1ccc2cc(N)cc3c2c1C#[N+][C@]1(F)[C@@H]2CCCCN(c4nc(O)nc5c(F)c-3ncc45)[C@@H]21.[U]. The van der Waals surface area contributed by atoms with Crippen LogP contribution in [-0.4, -0.2) is 62.1 Å². The smallest absolute Gasteiger partial charge is 0.443 e. The molecular weight excluding hydrogens is 817 g/mol. The summed E-state index contributed by atoms with van der Waals surface area (Å²) in [4.78, 5) is 21.1. The van der Waals surface area contributed by atoms with E-state index < -0.39 is 29.8 Å². The second kappa shape index (κ2) is 11.5. The Balaban J connectivity index is 0.000000262. The molecule has 0 spiro atoms. The van der Waals surface area contributed by atoms with Crippen LogP contribution in [0, 0.1) is 61.9 Å². The van der Waals surface area contributed by atoms with Gasteiger partial charge in [-0.25, -0.2) is 14.8 Å². The van der Waals surface area contributed by atoms with Crippen LogP contribution in [-0.2, 0) is 0 Å². The summed E-state index contributed by atoms with van der Waals surface area (Å²) in [6.07, 6.45) is 6.33. The van der Waals surface area contributed by atoms with Gasteiger partial charge < -0.3 is 20.6 Å². The molecular formula is C34H34F3N7OU. The number of halogens is 3. The predicted molar refractivity (Wildman–Crippen MR) is 168 cm³/mol. The number of aromatic hydroxyl groups is 1. The van der Waals surface area contributed by atoms with Crippen LogP contribution in [0.4, 0.5) is 24.7 Å². The number of rotatable bonds is 0. The fourth-order valence-electron chi connectivity index (χ4n) is 7.92. The maximum absolute atomic E-state index is 16.4. The van der Waals surface area contributed by atoms with Crippen molar-refractivity contribution in [3.05, 3.63) is 58.3 Å². The number of anilines is 2. The molecule has 0 radical (unpaired) electrons. The third kappa shape index (κ3) is 4.84. The Morgan fingerprint density at radius 3 is 2.80 bits per heavy atom. The number of aromatic nitrogens is 3. The van der Waals surface area contributed by atoms with Gasteiger partial charge in [-0.1, -0.05) is 25.0 Å². The van der Waals surface area contributed by atoms with E-state index in [0.717, 1.165) is 36.8 Å². The number of nitrogens with two attached hydrogens (primary N) is 1. The summed E-state index contributed by atoms with van der Waals surface area (Å²) in [5.74, 6) is -2.65. The molecule has 8 nitrogen and oxygen atoms in total. The van der Waals surface area contributed by atoms with E-state index in [1.807, 2.05) is 26.0 Å². The van der Waals surface area contributed by atoms with Crippen molar-refractivity contribution >= 4 is 33.2 Å². The Bertz CT molecular complexity index is 1950. The third-order valence-electron chi connectivity index (χ3n) is 10.3. The zero-order chi connectivity index (χ0) is 31.2. The molecule has 236 valence electrons. The number of nitrogen functional groups attached to an aromatic ring is 1. The molecule has 5 atom stereocenters. The normalized spacial score (nSPS) is 27.7. The van der Waals surface area contributed by atoms with Gasteiger partial charge in [-0.3, -0.25) is 4.98 Å². The maximum Gasteiger partial charge on any atom is 0.443 e. The molecule has 1 aliphatic carbocycles. The summed E-state index contributed by atoms with van der Waals surface area (Å²) in [5.41, 5.74) is 8.38. The molecule has 46 heavy (non-hydrogen) atoms. The van der Waals surface area contributed by atoms with Gasteiger partial charge >= 0.3 is 17.9 Å². The van der Waals surface area contributed by atoms with Gasteiger partial charge in [-0.2, -0.15) is 20.8 Å². The molecule has 3 saturated heterocycles. The van der Waals surface area contributed by atoms with Crippen molar-refractivity contribution in [1.29, 1.82) is 0 Å². The van der Waals surface area contributed by atoms with E-state index in [2.05, 4.69) is 30.8 Å². The Hall–Kier alpha value is -3.12. The van der Waals surface area contributed by atoms with Gasteiger partial charge in [0.25, 0.3) is 0 Å². The van der Waals surface area contributed by atoms with Crippen molar-refractivity contribution in [2.75, 3.05) is 23.7 Å². The van der Waals surface area contributed by atoms with E-state index in [4.69, 9.17) is 5.73 Å². The van der Waals surface area contributed by atoms with Crippen LogP contribution in [0.2, 0.25) is 0 Å². The molecule has 4 bridgehead atoms. The van der Waals surface area contributed by atoms with E-state index >= 15 is 8.78 Å².